The number of amides is 1. The summed E-state index contributed by atoms with van der Waals surface area (Å²) in [7, 11) is 1.66. The second kappa shape index (κ2) is 7.68. The van der Waals surface area contributed by atoms with E-state index in [9.17, 15) is 14.7 Å². The number of aromatic carboxylic acids is 1. The highest BCUT2D eigenvalue weighted by molar-refractivity contribution is 6.02. The molecule has 0 aliphatic heterocycles. The topological polar surface area (TPSA) is 57.6 Å². The van der Waals surface area contributed by atoms with Crippen LogP contribution in [0.2, 0.25) is 0 Å². The molecule has 1 aromatic carbocycles. The van der Waals surface area contributed by atoms with Crippen LogP contribution in [0, 0.1) is 5.92 Å². The molecule has 0 saturated carbocycles. The number of rotatable bonds is 7. The first-order chi connectivity index (χ1) is 9.52. The SMILES string of the molecule is CCCC(CCC)C(=O)N(C)c1ccccc1C(=O)O. The third-order valence-corrected chi connectivity index (χ3v) is 3.45. The number of nitrogens with zero attached hydrogens (tertiary/aromatic N) is 1. The van der Waals surface area contributed by atoms with Gasteiger partial charge in [-0.15, -0.1) is 0 Å². The van der Waals surface area contributed by atoms with Crippen molar-refractivity contribution in [3.63, 3.8) is 0 Å². The van der Waals surface area contributed by atoms with Gasteiger partial charge in [0, 0.05) is 13.0 Å². The van der Waals surface area contributed by atoms with Gasteiger partial charge in [0.15, 0.2) is 0 Å². The maximum absolute atomic E-state index is 12.5. The standard InChI is InChI=1S/C16H23NO3/c1-4-8-12(9-5-2)15(18)17(3)14-11-7-6-10-13(14)16(19)20/h6-7,10-12H,4-5,8-9H2,1-3H3,(H,19,20). The molecule has 0 aliphatic rings. The average Bonchev–Trinajstić information content (AvgIpc) is 2.45. The van der Waals surface area contributed by atoms with Crippen molar-refractivity contribution >= 4 is 17.6 Å². The first-order valence-corrected chi connectivity index (χ1v) is 7.12. The Morgan fingerprint density at radius 1 is 1.15 bits per heavy atom. The molecule has 110 valence electrons. The highest BCUT2D eigenvalue weighted by Gasteiger charge is 2.24. The summed E-state index contributed by atoms with van der Waals surface area (Å²) in [6.45, 7) is 4.11. The van der Waals surface area contributed by atoms with Crippen LogP contribution in [0.3, 0.4) is 0 Å². The Hall–Kier alpha value is -1.84. The quantitative estimate of drug-likeness (QED) is 0.829. The fraction of sp³-hybridized carbons (Fsp3) is 0.500. The van der Waals surface area contributed by atoms with E-state index in [2.05, 4.69) is 13.8 Å². The van der Waals surface area contributed by atoms with E-state index in [0.717, 1.165) is 25.7 Å². The molecule has 0 fully saturated rings. The number of anilines is 1. The van der Waals surface area contributed by atoms with Crippen LogP contribution in [-0.4, -0.2) is 24.0 Å². The summed E-state index contributed by atoms with van der Waals surface area (Å²) in [4.78, 5) is 25.2. The number of hydrogen-bond donors (Lipinski definition) is 1. The zero-order chi connectivity index (χ0) is 15.1. The Morgan fingerprint density at radius 3 is 2.20 bits per heavy atom. The molecule has 0 heterocycles. The van der Waals surface area contributed by atoms with Gasteiger partial charge >= 0.3 is 5.97 Å². The molecule has 1 aromatic rings. The average molecular weight is 277 g/mol. The molecule has 1 N–H and O–H groups in total. The summed E-state index contributed by atoms with van der Waals surface area (Å²) in [5.74, 6) is -1.04. The van der Waals surface area contributed by atoms with Gasteiger partial charge in [-0.2, -0.15) is 0 Å². The zero-order valence-corrected chi connectivity index (χ0v) is 12.4. The highest BCUT2D eigenvalue weighted by atomic mass is 16.4. The summed E-state index contributed by atoms with van der Waals surface area (Å²) >= 11 is 0. The van der Waals surface area contributed by atoms with Crippen molar-refractivity contribution in [1.29, 1.82) is 0 Å². The Labute approximate surface area is 120 Å². The van der Waals surface area contributed by atoms with Crippen LogP contribution < -0.4 is 4.90 Å². The number of benzene rings is 1. The number of carbonyl (C=O) groups excluding carboxylic acids is 1. The molecule has 1 rings (SSSR count). The van der Waals surface area contributed by atoms with Crippen molar-refractivity contribution in [2.45, 2.75) is 39.5 Å². The molecular formula is C16H23NO3. The van der Waals surface area contributed by atoms with Gasteiger partial charge in [-0.3, -0.25) is 4.79 Å². The van der Waals surface area contributed by atoms with Crippen molar-refractivity contribution in [3.8, 4) is 0 Å². The summed E-state index contributed by atoms with van der Waals surface area (Å²) in [5, 5.41) is 9.20. The van der Waals surface area contributed by atoms with E-state index in [4.69, 9.17) is 0 Å². The van der Waals surface area contributed by atoms with E-state index in [1.807, 2.05) is 0 Å². The lowest BCUT2D eigenvalue weighted by molar-refractivity contribution is -0.122. The highest BCUT2D eigenvalue weighted by Crippen LogP contribution is 2.24. The molecule has 4 nitrogen and oxygen atoms in total. The van der Waals surface area contributed by atoms with Crippen molar-refractivity contribution in [1.82, 2.24) is 0 Å². The number of carboxylic acid groups (broad SMARTS) is 1. The predicted molar refractivity (Wildman–Crippen MR) is 80.1 cm³/mol. The van der Waals surface area contributed by atoms with Crippen LogP contribution in [0.15, 0.2) is 24.3 Å². The molecule has 0 atom stereocenters. The van der Waals surface area contributed by atoms with E-state index < -0.39 is 5.97 Å². The smallest absolute Gasteiger partial charge is 0.337 e. The number of para-hydroxylation sites is 1. The van der Waals surface area contributed by atoms with Crippen LogP contribution in [0.1, 0.15) is 49.9 Å². The van der Waals surface area contributed by atoms with Crippen molar-refractivity contribution in [3.05, 3.63) is 29.8 Å². The molecule has 4 heteroatoms. The van der Waals surface area contributed by atoms with E-state index in [1.54, 1.807) is 25.2 Å². The normalized spacial score (nSPS) is 10.6. The molecule has 0 radical (unpaired) electrons. The molecule has 0 aliphatic carbocycles. The first-order valence-electron chi connectivity index (χ1n) is 7.12. The monoisotopic (exact) mass is 277 g/mol. The molecule has 1 amide bonds. The third kappa shape index (κ3) is 3.83. The maximum Gasteiger partial charge on any atom is 0.337 e. The first kappa shape index (κ1) is 16.2. The molecular weight excluding hydrogens is 254 g/mol. The summed E-state index contributed by atoms with van der Waals surface area (Å²) < 4.78 is 0. The van der Waals surface area contributed by atoms with Gasteiger partial charge in [0.05, 0.1) is 11.3 Å². The van der Waals surface area contributed by atoms with Crippen LogP contribution in [-0.2, 0) is 4.79 Å². The van der Waals surface area contributed by atoms with E-state index in [-0.39, 0.29) is 17.4 Å². The Kier molecular flexibility index (Phi) is 6.22. The summed E-state index contributed by atoms with van der Waals surface area (Å²) in [6, 6.07) is 6.62. The Morgan fingerprint density at radius 2 is 1.70 bits per heavy atom. The van der Waals surface area contributed by atoms with E-state index in [0.29, 0.717) is 5.69 Å². The largest absolute Gasteiger partial charge is 0.478 e. The predicted octanol–water partition coefficient (Wildman–Crippen LogP) is 3.56. The van der Waals surface area contributed by atoms with Crippen LogP contribution in [0.4, 0.5) is 5.69 Å². The minimum Gasteiger partial charge on any atom is -0.478 e. The summed E-state index contributed by atoms with van der Waals surface area (Å²) in [6.07, 6.45) is 3.58. The fourth-order valence-corrected chi connectivity index (χ4v) is 2.43. The second-order valence-electron chi connectivity index (χ2n) is 4.99. The van der Waals surface area contributed by atoms with Crippen LogP contribution >= 0.6 is 0 Å². The van der Waals surface area contributed by atoms with Crippen molar-refractivity contribution < 1.29 is 14.7 Å². The van der Waals surface area contributed by atoms with Gasteiger partial charge in [0.1, 0.15) is 0 Å². The van der Waals surface area contributed by atoms with Crippen molar-refractivity contribution in [2.24, 2.45) is 5.92 Å². The van der Waals surface area contributed by atoms with Crippen LogP contribution in [0.25, 0.3) is 0 Å². The lowest BCUT2D eigenvalue weighted by atomic mass is 9.96. The Balaban J connectivity index is 3.01. The molecule has 0 spiro atoms. The lowest BCUT2D eigenvalue weighted by Crippen LogP contribution is -2.34. The fourth-order valence-electron chi connectivity index (χ4n) is 2.43. The van der Waals surface area contributed by atoms with Gasteiger partial charge in [-0.25, -0.2) is 4.79 Å². The van der Waals surface area contributed by atoms with Gasteiger partial charge in [-0.05, 0) is 25.0 Å². The van der Waals surface area contributed by atoms with E-state index in [1.165, 1.54) is 11.0 Å². The molecule has 20 heavy (non-hydrogen) atoms. The molecule has 0 aromatic heterocycles. The number of carboxylic acids is 1. The second-order valence-corrected chi connectivity index (χ2v) is 4.99. The number of hydrogen-bond acceptors (Lipinski definition) is 2. The Bertz CT molecular complexity index is 465. The van der Waals surface area contributed by atoms with Gasteiger partial charge in [-0.1, -0.05) is 38.8 Å². The van der Waals surface area contributed by atoms with Gasteiger partial charge < -0.3 is 10.0 Å². The lowest BCUT2D eigenvalue weighted by Gasteiger charge is -2.24. The minimum absolute atomic E-state index is 0.00222. The van der Waals surface area contributed by atoms with Gasteiger partial charge in [0.25, 0.3) is 0 Å². The number of carbonyl (C=O) groups is 2. The third-order valence-electron chi connectivity index (χ3n) is 3.45. The molecule has 0 unspecified atom stereocenters. The van der Waals surface area contributed by atoms with Gasteiger partial charge in [0.2, 0.25) is 5.91 Å². The summed E-state index contributed by atoms with van der Waals surface area (Å²) in [5.41, 5.74) is 0.623. The van der Waals surface area contributed by atoms with Crippen molar-refractivity contribution in [2.75, 3.05) is 11.9 Å². The van der Waals surface area contributed by atoms with E-state index >= 15 is 0 Å². The maximum atomic E-state index is 12.5. The minimum atomic E-state index is -1.01. The molecule has 0 saturated heterocycles. The molecule has 0 bridgehead atoms. The zero-order valence-electron chi connectivity index (χ0n) is 12.4. The van der Waals surface area contributed by atoms with Crippen LogP contribution in [0.5, 0.6) is 0 Å².